The van der Waals surface area contributed by atoms with Crippen molar-refractivity contribution in [3.05, 3.63) is 82.9 Å². The number of anilines is 1. The summed E-state index contributed by atoms with van der Waals surface area (Å²) >= 11 is 7.42. The highest BCUT2D eigenvalue weighted by molar-refractivity contribution is 8.00. The van der Waals surface area contributed by atoms with E-state index in [1.807, 2.05) is 37.3 Å². The number of hydrogen-bond acceptors (Lipinski definition) is 5. The number of carbonyl (C=O) groups excluding carboxylic acids is 2. The number of amides is 2. The highest BCUT2D eigenvalue weighted by Crippen LogP contribution is 2.29. The number of thioether (sulfide) groups is 1. The van der Waals surface area contributed by atoms with Crippen LogP contribution >= 0.6 is 23.4 Å². The monoisotopic (exact) mass is 512 g/mol. The number of carbonyl (C=O) groups is 2. The predicted molar refractivity (Wildman–Crippen MR) is 142 cm³/mol. The van der Waals surface area contributed by atoms with Crippen molar-refractivity contribution >= 4 is 40.9 Å². The lowest BCUT2D eigenvalue weighted by Crippen LogP contribution is -2.29. The van der Waals surface area contributed by atoms with Crippen molar-refractivity contribution in [1.29, 1.82) is 0 Å². The van der Waals surface area contributed by atoms with Gasteiger partial charge in [0.05, 0.1) is 30.7 Å². The quantitative estimate of drug-likeness (QED) is 0.316. The molecule has 0 aliphatic heterocycles. The molecule has 0 fully saturated rings. The molecular weight excluding hydrogens is 484 g/mol. The van der Waals surface area contributed by atoms with Crippen LogP contribution in [-0.4, -0.2) is 37.8 Å². The fraction of sp³-hybridized carbons (Fsp3) is 0.259. The zero-order chi connectivity index (χ0) is 25.2. The molecule has 3 aromatic carbocycles. The van der Waals surface area contributed by atoms with E-state index in [1.54, 1.807) is 50.6 Å². The summed E-state index contributed by atoms with van der Waals surface area (Å²) in [6, 6.07) is 20.1. The molecule has 0 aromatic heterocycles. The van der Waals surface area contributed by atoms with Gasteiger partial charge in [-0.2, -0.15) is 0 Å². The van der Waals surface area contributed by atoms with Crippen molar-refractivity contribution in [1.82, 2.24) is 5.32 Å². The van der Waals surface area contributed by atoms with E-state index < -0.39 is 0 Å². The molecule has 35 heavy (non-hydrogen) atoms. The summed E-state index contributed by atoms with van der Waals surface area (Å²) in [7, 11) is 3.18. The average molecular weight is 513 g/mol. The summed E-state index contributed by atoms with van der Waals surface area (Å²) in [5.41, 5.74) is 1.91. The maximum Gasteiger partial charge on any atom is 0.253 e. The normalized spacial score (nSPS) is 11.4. The Labute approximate surface area is 215 Å². The van der Waals surface area contributed by atoms with Crippen LogP contribution in [0.3, 0.4) is 0 Å². The molecule has 2 N–H and O–H groups in total. The van der Waals surface area contributed by atoms with Gasteiger partial charge in [0.25, 0.3) is 5.91 Å². The van der Waals surface area contributed by atoms with Crippen LogP contribution in [0.1, 0.15) is 29.3 Å². The van der Waals surface area contributed by atoms with Crippen molar-refractivity contribution in [3.8, 4) is 11.5 Å². The first kappa shape index (κ1) is 26.4. The number of rotatable bonds is 11. The van der Waals surface area contributed by atoms with Crippen molar-refractivity contribution < 1.29 is 19.1 Å². The van der Waals surface area contributed by atoms with Crippen LogP contribution in [0.15, 0.2) is 71.6 Å². The van der Waals surface area contributed by atoms with E-state index in [0.717, 1.165) is 10.5 Å². The summed E-state index contributed by atoms with van der Waals surface area (Å²) in [4.78, 5) is 26.8. The van der Waals surface area contributed by atoms with E-state index in [9.17, 15) is 9.59 Å². The van der Waals surface area contributed by atoms with Crippen molar-refractivity contribution in [3.63, 3.8) is 0 Å². The molecule has 0 saturated carbocycles. The minimum absolute atomic E-state index is 0.155. The molecule has 8 heteroatoms. The Balaban J connectivity index is 1.61. The lowest BCUT2D eigenvalue weighted by atomic mass is 10.1. The molecule has 2 amide bonds. The van der Waals surface area contributed by atoms with Crippen LogP contribution in [0.4, 0.5) is 5.69 Å². The summed E-state index contributed by atoms with van der Waals surface area (Å²) < 4.78 is 10.6. The molecular formula is C27H29ClN2O4S. The molecule has 6 nitrogen and oxygen atoms in total. The van der Waals surface area contributed by atoms with Crippen LogP contribution in [0.2, 0.25) is 5.02 Å². The Bertz CT molecular complexity index is 1150. The third kappa shape index (κ3) is 7.41. The highest BCUT2D eigenvalue weighted by Gasteiger charge is 2.20. The van der Waals surface area contributed by atoms with Gasteiger partial charge in [-0.1, -0.05) is 36.7 Å². The Morgan fingerprint density at radius 3 is 2.37 bits per heavy atom. The topological polar surface area (TPSA) is 76.7 Å². The van der Waals surface area contributed by atoms with E-state index in [2.05, 4.69) is 10.6 Å². The van der Waals surface area contributed by atoms with Crippen molar-refractivity contribution in [2.24, 2.45) is 0 Å². The lowest BCUT2D eigenvalue weighted by molar-refractivity contribution is -0.115. The summed E-state index contributed by atoms with van der Waals surface area (Å²) in [6.07, 6.45) is 1.26. The number of para-hydroxylation sites is 1. The third-order valence-electron chi connectivity index (χ3n) is 5.33. The van der Waals surface area contributed by atoms with Gasteiger partial charge in [0.15, 0.2) is 11.5 Å². The maximum absolute atomic E-state index is 13.0. The summed E-state index contributed by atoms with van der Waals surface area (Å²) in [5.74, 6) is 0.897. The molecule has 3 aromatic rings. The fourth-order valence-corrected chi connectivity index (χ4v) is 4.54. The maximum atomic E-state index is 13.0. The lowest BCUT2D eigenvalue weighted by Gasteiger charge is -2.17. The standard InChI is InChI=1S/C27H29ClN2O4S/c1-4-25(35-20-12-10-19(28)11-13-20)27(32)30-22-8-6-5-7-21(22)26(31)29-16-15-18-9-14-23(33-2)24(17-18)34-3/h5-14,17,25H,4,15-16H2,1-3H3,(H,29,31)(H,30,32)/t25-/m0/s1. The van der Waals surface area contributed by atoms with Crippen LogP contribution in [0.5, 0.6) is 11.5 Å². The van der Waals surface area contributed by atoms with E-state index >= 15 is 0 Å². The van der Waals surface area contributed by atoms with Crippen LogP contribution in [-0.2, 0) is 11.2 Å². The molecule has 0 aliphatic rings. The zero-order valence-electron chi connectivity index (χ0n) is 20.0. The van der Waals surface area contributed by atoms with Gasteiger partial charge in [-0.15, -0.1) is 11.8 Å². The molecule has 184 valence electrons. The fourth-order valence-electron chi connectivity index (χ4n) is 3.45. The number of hydrogen-bond donors (Lipinski definition) is 2. The first-order valence-corrected chi connectivity index (χ1v) is 12.5. The van der Waals surface area contributed by atoms with E-state index in [-0.39, 0.29) is 17.1 Å². The number of ether oxygens (including phenoxy) is 2. The third-order valence-corrected chi connectivity index (χ3v) is 6.96. The van der Waals surface area contributed by atoms with Crippen LogP contribution in [0, 0.1) is 0 Å². The Kier molecular flexibility index (Phi) is 9.87. The smallest absolute Gasteiger partial charge is 0.253 e. The number of benzene rings is 3. The molecule has 0 unspecified atom stereocenters. The first-order valence-electron chi connectivity index (χ1n) is 11.3. The van der Waals surface area contributed by atoms with Gasteiger partial charge in [0, 0.05) is 16.5 Å². The Morgan fingerprint density at radius 2 is 1.69 bits per heavy atom. The molecule has 0 radical (unpaired) electrons. The minimum Gasteiger partial charge on any atom is -0.493 e. The highest BCUT2D eigenvalue weighted by atomic mass is 35.5. The van der Waals surface area contributed by atoms with Gasteiger partial charge in [-0.25, -0.2) is 0 Å². The van der Waals surface area contributed by atoms with E-state index in [4.69, 9.17) is 21.1 Å². The van der Waals surface area contributed by atoms with Gasteiger partial charge in [-0.3, -0.25) is 9.59 Å². The van der Waals surface area contributed by atoms with Crippen LogP contribution < -0.4 is 20.1 Å². The molecule has 0 heterocycles. The zero-order valence-corrected chi connectivity index (χ0v) is 21.5. The minimum atomic E-state index is -0.308. The average Bonchev–Trinajstić information content (AvgIpc) is 2.88. The predicted octanol–water partition coefficient (Wildman–Crippen LogP) is 5.84. The second-order valence-corrected chi connectivity index (χ2v) is 9.41. The SMILES string of the molecule is CC[C@H](Sc1ccc(Cl)cc1)C(=O)Nc1ccccc1C(=O)NCCc1ccc(OC)c(OC)c1. The first-order chi connectivity index (χ1) is 16.9. The van der Waals surface area contributed by atoms with E-state index in [1.165, 1.54) is 11.8 Å². The van der Waals surface area contributed by atoms with Gasteiger partial charge >= 0.3 is 0 Å². The number of halogens is 1. The molecule has 3 rings (SSSR count). The van der Waals surface area contributed by atoms with E-state index in [0.29, 0.717) is 47.2 Å². The second kappa shape index (κ2) is 13.1. The molecule has 1 atom stereocenters. The van der Waals surface area contributed by atoms with Crippen molar-refractivity contribution in [2.75, 3.05) is 26.1 Å². The van der Waals surface area contributed by atoms with Gasteiger partial charge in [0.1, 0.15) is 0 Å². The second-order valence-electron chi connectivity index (χ2n) is 7.70. The molecule has 0 saturated heterocycles. The molecule has 0 spiro atoms. The molecule has 0 aliphatic carbocycles. The van der Waals surface area contributed by atoms with Crippen molar-refractivity contribution in [2.45, 2.75) is 29.9 Å². The Hall–Kier alpha value is -3.16. The Morgan fingerprint density at radius 1 is 0.971 bits per heavy atom. The number of methoxy groups -OCH3 is 2. The molecule has 0 bridgehead atoms. The number of nitrogens with one attached hydrogen (secondary N) is 2. The van der Waals surface area contributed by atoms with Gasteiger partial charge in [-0.05, 0) is 66.9 Å². The summed E-state index contributed by atoms with van der Waals surface area (Å²) in [5, 5.41) is 6.21. The van der Waals surface area contributed by atoms with Gasteiger partial charge < -0.3 is 20.1 Å². The largest absolute Gasteiger partial charge is 0.493 e. The summed E-state index contributed by atoms with van der Waals surface area (Å²) in [6.45, 7) is 2.39. The van der Waals surface area contributed by atoms with Gasteiger partial charge in [0.2, 0.25) is 5.91 Å². The van der Waals surface area contributed by atoms with Crippen LogP contribution in [0.25, 0.3) is 0 Å².